The number of anilines is 2. The van der Waals surface area contributed by atoms with Crippen LogP contribution in [-0.2, 0) is 0 Å². The zero-order valence-corrected chi connectivity index (χ0v) is 11.7. The number of primary amides is 1. The number of imidazole rings is 1. The number of fused-ring (bicyclic) bond motifs is 1. The van der Waals surface area contributed by atoms with Crippen LogP contribution < -0.4 is 11.1 Å². The van der Waals surface area contributed by atoms with Crippen molar-refractivity contribution in [3.05, 3.63) is 52.6 Å². The standard InChI is InChI=1S/C14H9ClF2N4O/c15-7-2-1-3-8(16)12(7)21-14-19-10-4-6(13(18)22)9(17)5-11(10)20-14/h1-5H,(H2,18,22)(H2,19,20,21). The molecule has 4 N–H and O–H groups in total. The summed E-state index contributed by atoms with van der Waals surface area (Å²) in [6.45, 7) is 0. The first kappa shape index (κ1) is 14.3. The quantitative estimate of drug-likeness (QED) is 0.691. The topological polar surface area (TPSA) is 83.8 Å². The first-order valence-electron chi connectivity index (χ1n) is 6.16. The zero-order chi connectivity index (χ0) is 15.9. The fraction of sp³-hybridized carbons (Fsp3) is 0. The molecule has 0 fully saturated rings. The van der Waals surface area contributed by atoms with Crippen molar-refractivity contribution in [1.82, 2.24) is 9.97 Å². The number of carbonyl (C=O) groups is 1. The van der Waals surface area contributed by atoms with Gasteiger partial charge in [0.1, 0.15) is 11.6 Å². The maximum absolute atomic E-state index is 13.7. The molecule has 0 saturated carbocycles. The van der Waals surface area contributed by atoms with Gasteiger partial charge < -0.3 is 16.0 Å². The number of H-pyrrole nitrogens is 1. The van der Waals surface area contributed by atoms with E-state index < -0.39 is 17.5 Å². The number of aromatic amines is 1. The second-order valence-corrected chi connectivity index (χ2v) is 4.93. The SMILES string of the molecule is NC(=O)c1cc2nc(Nc3c(F)cccc3Cl)[nH]c2cc1F. The van der Waals surface area contributed by atoms with E-state index in [2.05, 4.69) is 15.3 Å². The van der Waals surface area contributed by atoms with Crippen LogP contribution in [0.3, 0.4) is 0 Å². The molecule has 1 aromatic heterocycles. The Kier molecular flexibility index (Phi) is 3.42. The zero-order valence-electron chi connectivity index (χ0n) is 11.0. The van der Waals surface area contributed by atoms with Crippen LogP contribution >= 0.6 is 11.6 Å². The lowest BCUT2D eigenvalue weighted by Crippen LogP contribution is -2.12. The molecule has 5 nitrogen and oxygen atoms in total. The minimum Gasteiger partial charge on any atom is -0.366 e. The Morgan fingerprint density at radius 2 is 2.05 bits per heavy atom. The van der Waals surface area contributed by atoms with E-state index in [0.29, 0.717) is 11.0 Å². The maximum Gasteiger partial charge on any atom is 0.251 e. The van der Waals surface area contributed by atoms with Crippen molar-refractivity contribution in [3.63, 3.8) is 0 Å². The first-order valence-corrected chi connectivity index (χ1v) is 6.53. The highest BCUT2D eigenvalue weighted by molar-refractivity contribution is 6.33. The van der Waals surface area contributed by atoms with Gasteiger partial charge in [0.25, 0.3) is 5.91 Å². The van der Waals surface area contributed by atoms with Crippen LogP contribution in [-0.4, -0.2) is 15.9 Å². The van der Waals surface area contributed by atoms with Crippen molar-refractivity contribution >= 4 is 40.2 Å². The molecule has 0 unspecified atom stereocenters. The highest BCUT2D eigenvalue weighted by Crippen LogP contribution is 2.28. The molecule has 1 heterocycles. The lowest BCUT2D eigenvalue weighted by atomic mass is 10.2. The third-order valence-corrected chi connectivity index (χ3v) is 3.36. The van der Waals surface area contributed by atoms with Crippen LogP contribution in [0.2, 0.25) is 5.02 Å². The third kappa shape index (κ3) is 2.46. The van der Waals surface area contributed by atoms with Gasteiger partial charge in [0.2, 0.25) is 5.95 Å². The summed E-state index contributed by atoms with van der Waals surface area (Å²) in [5, 5.41) is 2.86. The van der Waals surface area contributed by atoms with E-state index in [1.54, 1.807) is 0 Å². The number of nitrogens with two attached hydrogens (primary N) is 1. The largest absolute Gasteiger partial charge is 0.366 e. The van der Waals surface area contributed by atoms with Crippen molar-refractivity contribution < 1.29 is 13.6 Å². The number of halogens is 3. The number of para-hydroxylation sites is 1. The minimum absolute atomic E-state index is 0.0406. The highest BCUT2D eigenvalue weighted by Gasteiger charge is 2.14. The number of nitrogens with one attached hydrogen (secondary N) is 2. The Morgan fingerprint density at radius 3 is 2.73 bits per heavy atom. The summed E-state index contributed by atoms with van der Waals surface area (Å²) in [6.07, 6.45) is 0. The van der Waals surface area contributed by atoms with Crippen LogP contribution in [0.15, 0.2) is 30.3 Å². The summed E-state index contributed by atoms with van der Waals surface area (Å²) in [5.74, 6) is -2.06. The smallest absolute Gasteiger partial charge is 0.251 e. The summed E-state index contributed by atoms with van der Waals surface area (Å²) in [5.41, 5.74) is 5.49. The molecule has 0 bridgehead atoms. The second kappa shape index (κ2) is 5.27. The number of benzene rings is 2. The van der Waals surface area contributed by atoms with Gasteiger partial charge in [0, 0.05) is 6.07 Å². The molecule has 1 amide bonds. The fourth-order valence-corrected chi connectivity index (χ4v) is 2.22. The molecule has 0 radical (unpaired) electrons. The Hall–Kier alpha value is -2.67. The van der Waals surface area contributed by atoms with Crippen molar-refractivity contribution in [1.29, 1.82) is 0 Å². The molecule has 0 aliphatic carbocycles. The van der Waals surface area contributed by atoms with Crippen LogP contribution in [0.25, 0.3) is 11.0 Å². The van der Waals surface area contributed by atoms with Crippen LogP contribution in [0.1, 0.15) is 10.4 Å². The average Bonchev–Trinajstić information content (AvgIpc) is 2.83. The van der Waals surface area contributed by atoms with E-state index in [-0.39, 0.29) is 22.2 Å². The number of aromatic nitrogens is 2. The van der Waals surface area contributed by atoms with Gasteiger partial charge in [-0.1, -0.05) is 17.7 Å². The summed E-state index contributed by atoms with van der Waals surface area (Å²) in [7, 11) is 0. The molecular weight excluding hydrogens is 314 g/mol. The Bertz CT molecular complexity index is 874. The Balaban J connectivity index is 2.04. The predicted molar refractivity (Wildman–Crippen MR) is 79.3 cm³/mol. The summed E-state index contributed by atoms with van der Waals surface area (Å²) in [4.78, 5) is 18.0. The molecule has 0 aliphatic heterocycles. The lowest BCUT2D eigenvalue weighted by molar-refractivity contribution is 0.0996. The van der Waals surface area contributed by atoms with Gasteiger partial charge >= 0.3 is 0 Å². The monoisotopic (exact) mass is 322 g/mol. The van der Waals surface area contributed by atoms with Gasteiger partial charge in [0.15, 0.2) is 0 Å². The second-order valence-electron chi connectivity index (χ2n) is 4.52. The van der Waals surface area contributed by atoms with Crippen molar-refractivity contribution in [3.8, 4) is 0 Å². The Morgan fingerprint density at radius 1 is 1.27 bits per heavy atom. The number of rotatable bonds is 3. The molecule has 0 saturated heterocycles. The molecule has 112 valence electrons. The number of hydrogen-bond acceptors (Lipinski definition) is 3. The average molecular weight is 323 g/mol. The van der Waals surface area contributed by atoms with Crippen LogP contribution in [0.5, 0.6) is 0 Å². The first-order chi connectivity index (χ1) is 10.5. The molecule has 0 atom stereocenters. The van der Waals surface area contributed by atoms with Crippen molar-refractivity contribution in [2.45, 2.75) is 0 Å². The van der Waals surface area contributed by atoms with Crippen LogP contribution in [0, 0.1) is 11.6 Å². The van der Waals surface area contributed by atoms with Crippen molar-refractivity contribution in [2.24, 2.45) is 5.73 Å². The highest BCUT2D eigenvalue weighted by atomic mass is 35.5. The normalized spacial score (nSPS) is 10.9. The predicted octanol–water partition coefficient (Wildman–Crippen LogP) is 3.34. The van der Waals surface area contributed by atoms with E-state index in [1.165, 1.54) is 24.3 Å². The summed E-state index contributed by atoms with van der Waals surface area (Å²) in [6, 6.07) is 6.53. The van der Waals surface area contributed by atoms with Gasteiger partial charge in [-0.3, -0.25) is 4.79 Å². The molecule has 2 aromatic carbocycles. The van der Waals surface area contributed by atoms with Gasteiger partial charge in [-0.25, -0.2) is 13.8 Å². The van der Waals surface area contributed by atoms with Crippen molar-refractivity contribution in [2.75, 3.05) is 5.32 Å². The number of nitrogens with zero attached hydrogens (tertiary/aromatic N) is 1. The van der Waals surface area contributed by atoms with Gasteiger partial charge in [0.05, 0.1) is 27.3 Å². The minimum atomic E-state index is -0.894. The van der Waals surface area contributed by atoms with Gasteiger partial charge in [-0.2, -0.15) is 0 Å². The van der Waals surface area contributed by atoms with Crippen LogP contribution in [0.4, 0.5) is 20.4 Å². The molecule has 0 aliphatic rings. The third-order valence-electron chi connectivity index (χ3n) is 3.04. The van der Waals surface area contributed by atoms with Gasteiger partial charge in [-0.15, -0.1) is 0 Å². The van der Waals surface area contributed by atoms with E-state index in [4.69, 9.17) is 17.3 Å². The molecular formula is C14H9ClF2N4O. The summed E-state index contributed by atoms with van der Waals surface area (Å²) >= 11 is 5.90. The fourth-order valence-electron chi connectivity index (χ4n) is 2.01. The molecule has 3 rings (SSSR count). The number of carbonyl (C=O) groups excluding carboxylic acids is 1. The molecule has 3 aromatic rings. The van der Waals surface area contributed by atoms with E-state index in [9.17, 15) is 13.6 Å². The maximum atomic E-state index is 13.7. The Labute approximate surface area is 128 Å². The number of hydrogen-bond donors (Lipinski definition) is 3. The number of amides is 1. The molecule has 8 heteroatoms. The summed E-state index contributed by atoms with van der Waals surface area (Å²) < 4.78 is 27.4. The lowest BCUT2D eigenvalue weighted by Gasteiger charge is -2.05. The van der Waals surface area contributed by atoms with E-state index in [0.717, 1.165) is 6.07 Å². The van der Waals surface area contributed by atoms with E-state index >= 15 is 0 Å². The molecule has 22 heavy (non-hydrogen) atoms. The molecule has 0 spiro atoms. The van der Waals surface area contributed by atoms with E-state index in [1.807, 2.05) is 0 Å². The van der Waals surface area contributed by atoms with Gasteiger partial charge in [-0.05, 0) is 18.2 Å².